The predicted octanol–water partition coefficient (Wildman–Crippen LogP) is 1.41. The molecule has 3 N–H and O–H groups in total. The second-order valence-corrected chi connectivity index (χ2v) is 10.7. The molecule has 0 amide bonds. The normalized spacial score (nSPS) is 16.2. The summed E-state index contributed by atoms with van der Waals surface area (Å²) in [5, 5.41) is 9.62. The van der Waals surface area contributed by atoms with Crippen LogP contribution in [0, 0.1) is 0 Å². The maximum absolute atomic E-state index is 12.2. The van der Waals surface area contributed by atoms with E-state index < -0.39 is 15.6 Å². The Bertz CT molecular complexity index is 1360. The fourth-order valence-corrected chi connectivity index (χ4v) is 5.75. The van der Waals surface area contributed by atoms with Gasteiger partial charge in [-0.15, -0.1) is 11.3 Å². The molecule has 0 unspecified atom stereocenters. The summed E-state index contributed by atoms with van der Waals surface area (Å²) in [4.78, 5) is 17.3. The second-order valence-electron chi connectivity index (χ2n) is 7.55. The van der Waals surface area contributed by atoms with Crippen molar-refractivity contribution < 1.29 is 8.42 Å². The van der Waals surface area contributed by atoms with E-state index in [0.717, 1.165) is 21.5 Å². The summed E-state index contributed by atoms with van der Waals surface area (Å²) < 4.78 is 28.5. The van der Waals surface area contributed by atoms with E-state index in [1.807, 2.05) is 17.6 Å². The molecule has 0 spiro atoms. The first-order valence-electron chi connectivity index (χ1n) is 9.95. The van der Waals surface area contributed by atoms with Crippen molar-refractivity contribution in [1.29, 1.82) is 0 Å². The minimum Gasteiger partial charge on any atom is -0.328 e. The topological polar surface area (TPSA) is 145 Å². The molecule has 4 aromatic heterocycles. The van der Waals surface area contributed by atoms with Gasteiger partial charge in [0.2, 0.25) is 16.0 Å². The van der Waals surface area contributed by atoms with Crippen LogP contribution in [-0.2, 0) is 15.6 Å². The van der Waals surface area contributed by atoms with Gasteiger partial charge in [-0.1, -0.05) is 0 Å². The molecule has 1 aliphatic rings. The first-order valence-corrected chi connectivity index (χ1v) is 12.4. The van der Waals surface area contributed by atoms with Gasteiger partial charge in [-0.2, -0.15) is 9.40 Å². The summed E-state index contributed by atoms with van der Waals surface area (Å²) in [6, 6.07) is 1.93. The number of sulfonamides is 1. The van der Waals surface area contributed by atoms with E-state index in [4.69, 9.17) is 10.7 Å². The third-order valence-electron chi connectivity index (χ3n) is 5.54. The molecule has 0 atom stereocenters. The Hall–Kier alpha value is -3.00. The molecule has 1 saturated heterocycles. The number of hydrogen-bond donors (Lipinski definition) is 2. The molecule has 5 heterocycles. The van der Waals surface area contributed by atoms with Gasteiger partial charge in [-0.25, -0.2) is 28.4 Å². The van der Waals surface area contributed by atoms with Gasteiger partial charge in [-0.05, 0) is 18.4 Å². The maximum atomic E-state index is 12.2. The molecule has 13 heteroatoms. The number of nitrogens with two attached hydrogens (primary N) is 1. The van der Waals surface area contributed by atoms with E-state index in [1.165, 1.54) is 10.6 Å². The Balaban J connectivity index is 1.49. The van der Waals surface area contributed by atoms with Gasteiger partial charge in [0.05, 0.1) is 45.9 Å². The molecule has 0 saturated carbocycles. The highest BCUT2D eigenvalue weighted by molar-refractivity contribution is 7.89. The van der Waals surface area contributed by atoms with Gasteiger partial charge in [-0.3, -0.25) is 4.68 Å². The van der Waals surface area contributed by atoms with Crippen LogP contribution in [0.1, 0.15) is 6.92 Å². The molecular weight excluding hydrogens is 450 g/mol. The quantitative estimate of drug-likeness (QED) is 0.408. The Morgan fingerprint density at radius 3 is 2.72 bits per heavy atom. The summed E-state index contributed by atoms with van der Waals surface area (Å²) in [6.07, 6.45) is 8.34. The number of anilines is 2. The molecule has 0 bridgehead atoms. The van der Waals surface area contributed by atoms with Crippen molar-refractivity contribution in [2.24, 2.45) is 5.73 Å². The third-order valence-corrected chi connectivity index (χ3v) is 8.23. The van der Waals surface area contributed by atoms with Crippen LogP contribution < -0.4 is 11.1 Å². The lowest BCUT2D eigenvalue weighted by Crippen LogP contribution is -2.67. The fraction of sp³-hybridized carbons (Fsp3) is 0.316. The van der Waals surface area contributed by atoms with Crippen LogP contribution in [0.5, 0.6) is 0 Å². The average molecular weight is 472 g/mol. The van der Waals surface area contributed by atoms with Gasteiger partial charge in [0.15, 0.2) is 0 Å². The zero-order chi connectivity index (χ0) is 22.3. The summed E-state index contributed by atoms with van der Waals surface area (Å²) in [5.74, 6) is 0.489. The Morgan fingerprint density at radius 1 is 1.22 bits per heavy atom. The minimum atomic E-state index is -3.25. The van der Waals surface area contributed by atoms with Gasteiger partial charge in [0.1, 0.15) is 11.9 Å². The van der Waals surface area contributed by atoms with Gasteiger partial charge in [0.25, 0.3) is 0 Å². The lowest BCUT2D eigenvalue weighted by Gasteiger charge is -2.48. The van der Waals surface area contributed by atoms with Crippen LogP contribution in [0.2, 0.25) is 0 Å². The van der Waals surface area contributed by atoms with Crippen molar-refractivity contribution in [3.63, 3.8) is 0 Å². The summed E-state index contributed by atoms with van der Waals surface area (Å²) in [6.45, 7) is 2.53. The molecular formula is C19H21N9O2S2. The third kappa shape index (κ3) is 3.52. The van der Waals surface area contributed by atoms with Gasteiger partial charge < -0.3 is 11.1 Å². The van der Waals surface area contributed by atoms with Crippen LogP contribution in [0.3, 0.4) is 0 Å². The molecule has 0 aromatic carbocycles. The summed E-state index contributed by atoms with van der Waals surface area (Å²) in [5.41, 5.74) is 8.51. The average Bonchev–Trinajstić information content (AvgIpc) is 3.44. The lowest BCUT2D eigenvalue weighted by atomic mass is 9.93. The molecule has 4 aromatic rings. The van der Waals surface area contributed by atoms with Crippen LogP contribution in [-0.4, -0.2) is 67.8 Å². The van der Waals surface area contributed by atoms with Crippen LogP contribution in [0.4, 0.5) is 11.6 Å². The molecule has 5 rings (SSSR count). The predicted molar refractivity (Wildman–Crippen MR) is 122 cm³/mol. The number of fused-ring (bicyclic) bond motifs is 1. The number of aromatic nitrogens is 6. The highest BCUT2D eigenvalue weighted by Crippen LogP contribution is 2.35. The van der Waals surface area contributed by atoms with Crippen molar-refractivity contribution in [1.82, 2.24) is 34.0 Å². The van der Waals surface area contributed by atoms with E-state index >= 15 is 0 Å². The zero-order valence-electron chi connectivity index (χ0n) is 17.2. The van der Waals surface area contributed by atoms with Crippen molar-refractivity contribution in [3.05, 3.63) is 42.6 Å². The first kappa shape index (κ1) is 20.9. The summed E-state index contributed by atoms with van der Waals surface area (Å²) >= 11 is 1.55. The van der Waals surface area contributed by atoms with Crippen molar-refractivity contribution in [2.45, 2.75) is 12.5 Å². The molecule has 0 aliphatic carbocycles. The number of nitrogens with one attached hydrogen (secondary N) is 1. The molecule has 0 radical (unpaired) electrons. The van der Waals surface area contributed by atoms with E-state index in [0.29, 0.717) is 24.7 Å². The standard InChI is InChI=1S/C19H21N9O2S2/c1-2-32(29,30)27-10-19(9-20,11-27)28-8-13(5-23-28)16-17-15(3-4-31-17)25-18(26-16)24-14-6-21-12-22-7-14/h3-8,12H,2,9-11,20H2,1H3,(H,24,25,26). The van der Waals surface area contributed by atoms with Crippen LogP contribution >= 0.6 is 11.3 Å². The van der Waals surface area contributed by atoms with Crippen molar-refractivity contribution in [3.8, 4) is 11.3 Å². The smallest absolute Gasteiger partial charge is 0.228 e. The zero-order valence-corrected chi connectivity index (χ0v) is 18.8. The fourth-order valence-electron chi connectivity index (χ4n) is 3.67. The van der Waals surface area contributed by atoms with E-state index in [-0.39, 0.29) is 12.3 Å². The molecule has 166 valence electrons. The lowest BCUT2D eigenvalue weighted by molar-refractivity contribution is 0.0759. The van der Waals surface area contributed by atoms with E-state index in [9.17, 15) is 8.42 Å². The van der Waals surface area contributed by atoms with Crippen molar-refractivity contribution in [2.75, 3.05) is 30.7 Å². The van der Waals surface area contributed by atoms with Crippen molar-refractivity contribution >= 4 is 43.2 Å². The highest BCUT2D eigenvalue weighted by Gasteiger charge is 2.48. The minimum absolute atomic E-state index is 0.0670. The largest absolute Gasteiger partial charge is 0.328 e. The second kappa shape index (κ2) is 7.85. The van der Waals surface area contributed by atoms with E-state index in [1.54, 1.807) is 41.5 Å². The first-order chi connectivity index (χ1) is 15.4. The monoisotopic (exact) mass is 471 g/mol. The Morgan fingerprint density at radius 2 is 2.00 bits per heavy atom. The number of thiophene rings is 1. The number of hydrogen-bond acceptors (Lipinski definition) is 10. The molecule has 1 aliphatic heterocycles. The molecule has 32 heavy (non-hydrogen) atoms. The molecule has 11 nitrogen and oxygen atoms in total. The Labute approximate surface area is 188 Å². The number of rotatable bonds is 7. The summed E-state index contributed by atoms with van der Waals surface area (Å²) in [7, 11) is -3.25. The Kier molecular flexibility index (Phi) is 5.12. The van der Waals surface area contributed by atoms with E-state index in [2.05, 4.69) is 25.4 Å². The highest BCUT2D eigenvalue weighted by atomic mass is 32.2. The molecule has 1 fully saturated rings. The number of nitrogens with zero attached hydrogens (tertiary/aromatic N) is 7. The van der Waals surface area contributed by atoms with Crippen LogP contribution in [0.15, 0.2) is 42.6 Å². The van der Waals surface area contributed by atoms with Gasteiger partial charge >= 0.3 is 0 Å². The SMILES string of the molecule is CCS(=O)(=O)N1CC(CN)(n2cc(-c3nc(Nc4cncnc4)nc4ccsc34)cn2)C1. The van der Waals surface area contributed by atoms with Gasteiger partial charge in [0, 0.05) is 31.4 Å². The maximum Gasteiger partial charge on any atom is 0.228 e. The van der Waals surface area contributed by atoms with Crippen LogP contribution in [0.25, 0.3) is 21.5 Å².